The first-order valence-electron chi connectivity index (χ1n) is 5.74. The minimum absolute atomic E-state index is 0.430. The van der Waals surface area contributed by atoms with Gasteiger partial charge in [-0.15, -0.1) is 0 Å². The van der Waals surface area contributed by atoms with E-state index in [1.807, 2.05) is 13.8 Å². The highest BCUT2D eigenvalue weighted by atomic mass is 31.3. The van der Waals surface area contributed by atoms with Crippen LogP contribution in [0.2, 0.25) is 0 Å². The summed E-state index contributed by atoms with van der Waals surface area (Å²) in [7, 11) is -9.96. The van der Waals surface area contributed by atoms with Crippen molar-refractivity contribution in [1.29, 1.82) is 0 Å². The third-order valence-corrected chi connectivity index (χ3v) is 4.79. The number of phosphoric ester groups is 1. The molecule has 9 heteroatoms. The Hall–Kier alpha value is -0.0000000000000000416. The fraction of sp³-hybridized carbons (Fsp3) is 0.800. The van der Waals surface area contributed by atoms with Crippen molar-refractivity contribution in [3.63, 3.8) is 0 Å². The number of phosphoric acid groups is 2. The van der Waals surface area contributed by atoms with Gasteiger partial charge in [0.25, 0.3) is 0 Å². The Kier molecular flexibility index (Phi) is 6.64. The van der Waals surface area contributed by atoms with Gasteiger partial charge in [0, 0.05) is 0 Å². The van der Waals surface area contributed by atoms with Crippen molar-refractivity contribution >= 4 is 15.6 Å². The van der Waals surface area contributed by atoms with Gasteiger partial charge in [-0.1, -0.05) is 20.4 Å². The van der Waals surface area contributed by atoms with Gasteiger partial charge in [-0.05, 0) is 38.2 Å². The second-order valence-corrected chi connectivity index (χ2v) is 7.93. The molecule has 0 aromatic heterocycles. The van der Waals surface area contributed by atoms with Crippen LogP contribution < -0.4 is 0 Å². The third-order valence-electron chi connectivity index (χ3n) is 2.43. The predicted molar refractivity (Wildman–Crippen MR) is 71.3 cm³/mol. The molecule has 0 saturated carbocycles. The molecule has 0 spiro atoms. The molecule has 1 unspecified atom stereocenters. The first-order chi connectivity index (χ1) is 8.25. The van der Waals surface area contributed by atoms with Crippen LogP contribution >= 0.6 is 15.6 Å². The number of hydrogen-bond acceptors (Lipinski definition) is 4. The maximum Gasteiger partial charge on any atom is 0.481 e. The first kappa shape index (κ1) is 19.0. The van der Waals surface area contributed by atoms with Gasteiger partial charge in [-0.25, -0.2) is 9.13 Å². The van der Waals surface area contributed by atoms with E-state index in [0.717, 1.165) is 6.42 Å². The molecule has 0 radical (unpaired) electrons. The highest BCUT2D eigenvalue weighted by Crippen LogP contribution is 2.60. The van der Waals surface area contributed by atoms with E-state index < -0.39 is 21.2 Å². The van der Waals surface area contributed by atoms with Gasteiger partial charge in [0.2, 0.25) is 0 Å². The Morgan fingerprint density at radius 1 is 1.26 bits per heavy atom. The van der Waals surface area contributed by atoms with Crippen molar-refractivity contribution in [2.24, 2.45) is 5.92 Å². The molecular weight excluding hydrogens is 294 g/mol. The quantitative estimate of drug-likeness (QED) is 0.466. The minimum Gasteiger partial charge on any atom is -0.302 e. The van der Waals surface area contributed by atoms with E-state index >= 15 is 0 Å². The molecule has 0 heterocycles. The Morgan fingerprint density at radius 2 is 1.74 bits per heavy atom. The predicted octanol–water partition coefficient (Wildman–Crippen LogP) is 2.98. The van der Waals surface area contributed by atoms with Gasteiger partial charge < -0.3 is 14.7 Å². The Morgan fingerprint density at radius 3 is 2.11 bits per heavy atom. The lowest BCUT2D eigenvalue weighted by Gasteiger charge is -2.29. The maximum absolute atomic E-state index is 11.5. The molecular formula is C10H22O7P2. The summed E-state index contributed by atoms with van der Waals surface area (Å²) in [6.07, 6.45) is 1.39. The Bertz CT molecular complexity index is 410. The van der Waals surface area contributed by atoms with Crippen LogP contribution in [0.4, 0.5) is 0 Å². The highest BCUT2D eigenvalue weighted by molar-refractivity contribution is 7.60. The fourth-order valence-electron chi connectivity index (χ4n) is 1.27. The van der Waals surface area contributed by atoms with Gasteiger partial charge in [0.1, 0.15) is 0 Å². The zero-order chi connectivity index (χ0) is 15.5. The molecule has 7 nitrogen and oxygen atoms in total. The highest BCUT2D eigenvalue weighted by Gasteiger charge is 2.39. The van der Waals surface area contributed by atoms with Crippen molar-refractivity contribution in [2.45, 2.75) is 46.1 Å². The fourth-order valence-corrected chi connectivity index (χ4v) is 3.18. The number of hydrogen-bond donors (Lipinski definition) is 3. The smallest absolute Gasteiger partial charge is 0.302 e. The molecule has 0 rings (SSSR count). The molecule has 0 aliphatic rings. The van der Waals surface area contributed by atoms with Crippen LogP contribution in [0.3, 0.4) is 0 Å². The molecule has 0 aromatic carbocycles. The standard InChI is InChI=1S/C10H22O7P2/c1-8(2)6-7-9(3)10(4,5)16-19(14,15)17-18(11,12)13/h8H,3,6-7H2,1-2,4-5H3,(H,14,15)(H2,11,12,13). The summed E-state index contributed by atoms with van der Waals surface area (Å²) in [5, 5.41) is 0. The van der Waals surface area contributed by atoms with Crippen LogP contribution in [-0.4, -0.2) is 20.3 Å². The van der Waals surface area contributed by atoms with E-state index in [0.29, 0.717) is 17.9 Å². The molecule has 0 aliphatic carbocycles. The lowest BCUT2D eigenvalue weighted by atomic mass is 9.93. The molecule has 1 atom stereocenters. The molecule has 0 bridgehead atoms. The van der Waals surface area contributed by atoms with Gasteiger partial charge in [0.05, 0.1) is 5.60 Å². The minimum atomic E-state index is -5.10. The molecule has 3 N–H and O–H groups in total. The molecule has 0 fully saturated rings. The van der Waals surface area contributed by atoms with Crippen LogP contribution in [0.1, 0.15) is 40.5 Å². The summed E-state index contributed by atoms with van der Waals surface area (Å²) in [6.45, 7) is 10.8. The van der Waals surface area contributed by atoms with E-state index in [1.54, 1.807) is 0 Å². The second-order valence-electron chi connectivity index (χ2n) is 5.18. The van der Waals surface area contributed by atoms with Crippen molar-refractivity contribution < 1.29 is 32.6 Å². The van der Waals surface area contributed by atoms with Crippen LogP contribution in [-0.2, 0) is 18.0 Å². The van der Waals surface area contributed by atoms with Crippen molar-refractivity contribution in [2.75, 3.05) is 0 Å². The zero-order valence-corrected chi connectivity index (χ0v) is 13.4. The molecule has 0 aromatic rings. The summed E-state index contributed by atoms with van der Waals surface area (Å²) in [5.41, 5.74) is -0.682. The monoisotopic (exact) mass is 316 g/mol. The van der Waals surface area contributed by atoms with Crippen molar-refractivity contribution in [3.8, 4) is 0 Å². The topological polar surface area (TPSA) is 113 Å². The zero-order valence-electron chi connectivity index (χ0n) is 11.6. The normalized spacial score (nSPS) is 16.4. The van der Waals surface area contributed by atoms with Crippen molar-refractivity contribution in [3.05, 3.63) is 12.2 Å². The van der Waals surface area contributed by atoms with E-state index in [-0.39, 0.29) is 0 Å². The van der Waals surface area contributed by atoms with Crippen LogP contribution in [0.5, 0.6) is 0 Å². The SMILES string of the molecule is C=C(CCC(C)C)C(C)(C)OP(=O)(O)OP(=O)(O)O. The summed E-state index contributed by atoms with van der Waals surface area (Å²) in [4.78, 5) is 26.3. The van der Waals surface area contributed by atoms with Gasteiger partial charge in [-0.3, -0.25) is 4.52 Å². The molecule has 0 amide bonds. The first-order valence-corrected chi connectivity index (χ1v) is 8.76. The lowest BCUT2D eigenvalue weighted by Crippen LogP contribution is -2.26. The lowest BCUT2D eigenvalue weighted by molar-refractivity contribution is 0.0884. The van der Waals surface area contributed by atoms with Gasteiger partial charge >= 0.3 is 15.6 Å². The Labute approximate surface area is 113 Å². The largest absolute Gasteiger partial charge is 0.481 e. The summed E-state index contributed by atoms with van der Waals surface area (Å²) < 4.78 is 30.6. The average molecular weight is 316 g/mol. The molecule has 0 aliphatic heterocycles. The summed E-state index contributed by atoms with van der Waals surface area (Å²) in [6, 6.07) is 0. The maximum atomic E-state index is 11.5. The van der Waals surface area contributed by atoms with Gasteiger partial charge in [0.15, 0.2) is 0 Å². The van der Waals surface area contributed by atoms with Crippen LogP contribution in [0.15, 0.2) is 12.2 Å². The second kappa shape index (κ2) is 6.64. The Balaban J connectivity index is 4.71. The van der Waals surface area contributed by atoms with Crippen LogP contribution in [0, 0.1) is 5.92 Å². The van der Waals surface area contributed by atoms with Gasteiger partial charge in [-0.2, -0.15) is 4.31 Å². The van der Waals surface area contributed by atoms with Crippen molar-refractivity contribution in [1.82, 2.24) is 0 Å². The van der Waals surface area contributed by atoms with Crippen LogP contribution in [0.25, 0.3) is 0 Å². The van der Waals surface area contributed by atoms with E-state index in [9.17, 15) is 14.0 Å². The molecule has 19 heavy (non-hydrogen) atoms. The van der Waals surface area contributed by atoms with E-state index in [4.69, 9.17) is 14.3 Å². The average Bonchev–Trinajstić information content (AvgIpc) is 2.07. The summed E-state index contributed by atoms with van der Waals surface area (Å²) in [5.74, 6) is 0.430. The van der Waals surface area contributed by atoms with E-state index in [1.165, 1.54) is 13.8 Å². The van der Waals surface area contributed by atoms with E-state index in [2.05, 4.69) is 10.9 Å². The molecule has 0 saturated heterocycles. The molecule has 114 valence electrons. The number of rotatable bonds is 8. The third kappa shape index (κ3) is 8.71. The summed E-state index contributed by atoms with van der Waals surface area (Å²) >= 11 is 0.